The number of ether oxygens (including phenoxy) is 1. The number of guanidine groups is 1. The number of hydrogen-bond acceptors (Lipinski definition) is 4. The number of methoxy groups -OCH3 is 1. The molecule has 0 aliphatic carbocycles. The molecule has 0 spiro atoms. The van der Waals surface area contributed by atoms with Crippen LogP contribution in [0.1, 0.15) is 16.7 Å². The monoisotopic (exact) mass is 281 g/mol. The van der Waals surface area contributed by atoms with Crippen LogP contribution in [0.5, 0.6) is 0 Å². The third-order valence-corrected chi connectivity index (χ3v) is 3.69. The Morgan fingerprint density at radius 1 is 1.10 bits per heavy atom. The number of para-hydroxylation sites is 1. The largest absolute Gasteiger partial charge is 0.380 e. The van der Waals surface area contributed by atoms with E-state index in [9.17, 15) is 0 Å². The van der Waals surface area contributed by atoms with Crippen molar-refractivity contribution in [2.45, 2.75) is 19.7 Å². The smallest absolute Gasteiger partial charge is 0.197 e. The lowest BCUT2D eigenvalue weighted by Gasteiger charge is -2.28. The molecule has 21 heavy (non-hydrogen) atoms. The van der Waals surface area contributed by atoms with Crippen LogP contribution >= 0.6 is 0 Å². The van der Waals surface area contributed by atoms with Gasteiger partial charge in [0.1, 0.15) is 0 Å². The minimum atomic E-state index is 0.570. The van der Waals surface area contributed by atoms with Crippen LogP contribution in [0, 0.1) is 0 Å². The van der Waals surface area contributed by atoms with Gasteiger partial charge in [-0.1, -0.05) is 42.5 Å². The Kier molecular flexibility index (Phi) is 3.88. The van der Waals surface area contributed by atoms with Gasteiger partial charge in [0.25, 0.3) is 0 Å². The fourth-order valence-corrected chi connectivity index (χ4v) is 2.58. The first kappa shape index (κ1) is 13.6. The minimum absolute atomic E-state index is 0.570. The summed E-state index contributed by atoms with van der Waals surface area (Å²) in [6.07, 6.45) is 0. The number of fused-ring (bicyclic) bond motifs is 1. The van der Waals surface area contributed by atoms with Crippen LogP contribution in [0.2, 0.25) is 0 Å². The molecule has 4 heteroatoms. The zero-order valence-corrected chi connectivity index (χ0v) is 12.1. The standard InChI is InChI=1S/C17H19N3O/c1-21-12-15-8-3-2-6-13(15)10-20-11-14-7-4-5-9-16(14)19-17(20)18/h2-9H,10-12H2,1H3,(H2,18,19). The molecule has 2 aromatic rings. The van der Waals surface area contributed by atoms with Crippen LogP contribution in [0.3, 0.4) is 0 Å². The highest BCUT2D eigenvalue weighted by molar-refractivity contribution is 5.83. The Balaban J connectivity index is 1.84. The molecule has 3 rings (SSSR count). The summed E-state index contributed by atoms with van der Waals surface area (Å²) in [5.74, 6) is 0.570. The van der Waals surface area contributed by atoms with Crippen LogP contribution in [-0.4, -0.2) is 18.0 Å². The van der Waals surface area contributed by atoms with Crippen LogP contribution < -0.4 is 5.73 Å². The summed E-state index contributed by atoms with van der Waals surface area (Å²) in [5.41, 5.74) is 10.7. The lowest BCUT2D eigenvalue weighted by Crippen LogP contribution is -2.38. The Morgan fingerprint density at radius 2 is 1.81 bits per heavy atom. The Morgan fingerprint density at radius 3 is 2.62 bits per heavy atom. The van der Waals surface area contributed by atoms with E-state index in [1.54, 1.807) is 7.11 Å². The molecule has 0 saturated heterocycles. The van der Waals surface area contributed by atoms with Crippen molar-refractivity contribution in [2.24, 2.45) is 10.7 Å². The van der Waals surface area contributed by atoms with Gasteiger partial charge in [-0.15, -0.1) is 0 Å². The molecular formula is C17H19N3O. The number of rotatable bonds is 4. The molecule has 0 atom stereocenters. The van der Waals surface area contributed by atoms with E-state index in [1.165, 1.54) is 16.7 Å². The van der Waals surface area contributed by atoms with E-state index in [-0.39, 0.29) is 0 Å². The van der Waals surface area contributed by atoms with Gasteiger partial charge in [0.05, 0.1) is 12.3 Å². The third kappa shape index (κ3) is 2.90. The number of aliphatic imine (C=N–C) groups is 1. The van der Waals surface area contributed by atoms with Gasteiger partial charge < -0.3 is 15.4 Å². The quantitative estimate of drug-likeness (QED) is 0.937. The molecule has 2 aromatic carbocycles. The minimum Gasteiger partial charge on any atom is -0.380 e. The predicted molar refractivity (Wildman–Crippen MR) is 84.1 cm³/mol. The van der Waals surface area contributed by atoms with Crippen molar-refractivity contribution in [1.82, 2.24) is 4.90 Å². The van der Waals surface area contributed by atoms with E-state index in [2.05, 4.69) is 28.1 Å². The summed E-state index contributed by atoms with van der Waals surface area (Å²) in [5, 5.41) is 0. The number of nitrogens with zero attached hydrogens (tertiary/aromatic N) is 2. The third-order valence-electron chi connectivity index (χ3n) is 3.69. The van der Waals surface area contributed by atoms with Gasteiger partial charge in [-0.25, -0.2) is 4.99 Å². The molecule has 108 valence electrons. The van der Waals surface area contributed by atoms with Crippen LogP contribution in [0.15, 0.2) is 53.5 Å². The predicted octanol–water partition coefficient (Wildman–Crippen LogP) is 2.80. The van der Waals surface area contributed by atoms with Crippen molar-refractivity contribution < 1.29 is 4.74 Å². The molecule has 0 aromatic heterocycles. The lowest BCUT2D eigenvalue weighted by atomic mass is 10.1. The summed E-state index contributed by atoms with van der Waals surface area (Å²) < 4.78 is 5.26. The summed E-state index contributed by atoms with van der Waals surface area (Å²) in [6, 6.07) is 16.4. The molecular weight excluding hydrogens is 262 g/mol. The van der Waals surface area contributed by atoms with Crippen molar-refractivity contribution in [3.63, 3.8) is 0 Å². The van der Waals surface area contributed by atoms with Crippen molar-refractivity contribution in [2.75, 3.05) is 7.11 Å². The molecule has 0 unspecified atom stereocenters. The number of nitrogens with two attached hydrogens (primary N) is 1. The van der Waals surface area contributed by atoms with Gasteiger partial charge in [-0.2, -0.15) is 0 Å². The van der Waals surface area contributed by atoms with Crippen molar-refractivity contribution >= 4 is 11.6 Å². The molecule has 0 radical (unpaired) electrons. The maximum atomic E-state index is 6.11. The first-order chi connectivity index (χ1) is 10.3. The second-order valence-electron chi connectivity index (χ2n) is 5.16. The Hall–Kier alpha value is -2.33. The van der Waals surface area contributed by atoms with Gasteiger partial charge in [-0.05, 0) is 22.8 Å². The highest BCUT2D eigenvalue weighted by atomic mass is 16.5. The highest BCUT2D eigenvalue weighted by Crippen LogP contribution is 2.26. The van der Waals surface area contributed by atoms with E-state index in [0.29, 0.717) is 12.6 Å². The van der Waals surface area contributed by atoms with Crippen molar-refractivity contribution in [3.05, 3.63) is 65.2 Å². The number of hydrogen-bond donors (Lipinski definition) is 1. The van der Waals surface area contributed by atoms with Crippen molar-refractivity contribution in [1.29, 1.82) is 0 Å². The summed E-state index contributed by atoms with van der Waals surface area (Å²) in [7, 11) is 1.71. The maximum Gasteiger partial charge on any atom is 0.197 e. The molecule has 0 amide bonds. The summed E-state index contributed by atoms with van der Waals surface area (Å²) in [6.45, 7) is 2.13. The summed E-state index contributed by atoms with van der Waals surface area (Å²) in [4.78, 5) is 6.58. The van der Waals surface area contributed by atoms with Gasteiger partial charge in [-0.3, -0.25) is 0 Å². The Labute approximate surface area is 124 Å². The fraction of sp³-hybridized carbons (Fsp3) is 0.235. The van der Waals surface area contributed by atoms with Gasteiger partial charge in [0.15, 0.2) is 5.96 Å². The van der Waals surface area contributed by atoms with Crippen molar-refractivity contribution in [3.8, 4) is 0 Å². The number of benzene rings is 2. The maximum absolute atomic E-state index is 6.11. The SMILES string of the molecule is COCc1ccccc1CN1Cc2ccccc2N=C1N. The zero-order chi connectivity index (χ0) is 14.7. The molecule has 0 fully saturated rings. The van der Waals surface area contributed by atoms with Crippen LogP contribution in [-0.2, 0) is 24.4 Å². The zero-order valence-electron chi connectivity index (χ0n) is 12.1. The van der Waals surface area contributed by atoms with E-state index >= 15 is 0 Å². The highest BCUT2D eigenvalue weighted by Gasteiger charge is 2.18. The molecule has 1 aliphatic heterocycles. The van der Waals surface area contributed by atoms with E-state index < -0.39 is 0 Å². The van der Waals surface area contributed by atoms with Gasteiger partial charge in [0.2, 0.25) is 0 Å². The normalized spacial score (nSPS) is 13.8. The summed E-state index contributed by atoms with van der Waals surface area (Å²) >= 11 is 0. The molecule has 0 bridgehead atoms. The van der Waals surface area contributed by atoms with E-state index in [4.69, 9.17) is 10.5 Å². The molecule has 1 heterocycles. The van der Waals surface area contributed by atoms with E-state index in [1.807, 2.05) is 30.3 Å². The average molecular weight is 281 g/mol. The average Bonchev–Trinajstić information content (AvgIpc) is 2.50. The molecule has 2 N–H and O–H groups in total. The first-order valence-electron chi connectivity index (χ1n) is 7.00. The second-order valence-corrected chi connectivity index (χ2v) is 5.16. The van der Waals surface area contributed by atoms with E-state index in [0.717, 1.165) is 18.8 Å². The molecule has 1 aliphatic rings. The second kappa shape index (κ2) is 5.97. The fourth-order valence-electron chi connectivity index (χ4n) is 2.58. The molecule has 4 nitrogen and oxygen atoms in total. The Bertz CT molecular complexity index is 667. The topological polar surface area (TPSA) is 50.8 Å². The van der Waals surface area contributed by atoms with Gasteiger partial charge in [0, 0.05) is 20.2 Å². The lowest BCUT2D eigenvalue weighted by molar-refractivity contribution is 0.183. The van der Waals surface area contributed by atoms with Gasteiger partial charge >= 0.3 is 0 Å². The molecule has 0 saturated carbocycles. The first-order valence-corrected chi connectivity index (χ1v) is 7.00. The van der Waals surface area contributed by atoms with Crippen LogP contribution in [0.4, 0.5) is 5.69 Å². The van der Waals surface area contributed by atoms with Crippen LogP contribution in [0.25, 0.3) is 0 Å².